The van der Waals surface area contributed by atoms with Crippen LogP contribution in [0.4, 0.5) is 4.79 Å². The average Bonchev–Trinajstić information content (AvgIpc) is 2.85. The van der Waals surface area contributed by atoms with E-state index in [1.165, 1.54) is 0 Å². The van der Waals surface area contributed by atoms with Crippen molar-refractivity contribution >= 4 is 23.8 Å². The van der Waals surface area contributed by atoms with Gasteiger partial charge in [0.05, 0.1) is 24.1 Å². The second-order valence-corrected chi connectivity index (χ2v) is 7.31. The third-order valence-corrected chi connectivity index (χ3v) is 5.59. The summed E-state index contributed by atoms with van der Waals surface area (Å²) in [6.45, 7) is 8.92. The lowest BCUT2D eigenvalue weighted by Crippen LogP contribution is -2.58. The van der Waals surface area contributed by atoms with Crippen molar-refractivity contribution < 1.29 is 19.4 Å². The number of carbonyl (C=O) groups excluding carboxylic acids is 1. The minimum absolute atomic E-state index is 0.0128. The molecule has 4 unspecified atom stereocenters. The fourth-order valence-electron chi connectivity index (χ4n) is 2.79. The van der Waals surface area contributed by atoms with E-state index < -0.39 is 12.0 Å². The van der Waals surface area contributed by atoms with Crippen molar-refractivity contribution in [3.8, 4) is 0 Å². The molecule has 0 aromatic carbocycles. The lowest BCUT2D eigenvalue weighted by Gasteiger charge is -2.41. The Morgan fingerprint density at radius 2 is 2.00 bits per heavy atom. The number of amides is 2. The van der Waals surface area contributed by atoms with Crippen LogP contribution >= 0.6 is 11.8 Å². The monoisotopic (exact) mass is 316 g/mol. The summed E-state index contributed by atoms with van der Waals surface area (Å²) in [4.78, 5) is 27.7. The number of thioether (sulfide) groups is 1. The van der Waals surface area contributed by atoms with Gasteiger partial charge < -0.3 is 14.7 Å². The number of aliphatic carboxylic acids is 1. The number of nitrogens with zero attached hydrogens (tertiary/aromatic N) is 2. The Balaban J connectivity index is 2.22. The molecule has 2 aliphatic heterocycles. The van der Waals surface area contributed by atoms with Crippen LogP contribution in [-0.4, -0.2) is 69.4 Å². The summed E-state index contributed by atoms with van der Waals surface area (Å²) in [5.74, 6) is -0.247. The van der Waals surface area contributed by atoms with Crippen LogP contribution in [0.5, 0.6) is 0 Å². The third-order valence-electron chi connectivity index (χ3n) is 3.96. The van der Waals surface area contributed by atoms with Crippen LogP contribution < -0.4 is 0 Å². The van der Waals surface area contributed by atoms with Gasteiger partial charge in [-0.25, -0.2) is 9.59 Å². The molecule has 2 fully saturated rings. The summed E-state index contributed by atoms with van der Waals surface area (Å²) in [7, 11) is 0. The van der Waals surface area contributed by atoms with Gasteiger partial charge in [-0.1, -0.05) is 13.8 Å². The maximum Gasteiger partial charge on any atom is 0.327 e. The molecule has 4 atom stereocenters. The average molecular weight is 316 g/mol. The van der Waals surface area contributed by atoms with Gasteiger partial charge in [0.25, 0.3) is 0 Å². The molecular weight excluding hydrogens is 292 g/mol. The second-order valence-electron chi connectivity index (χ2n) is 6.16. The highest BCUT2D eigenvalue weighted by atomic mass is 32.2. The van der Waals surface area contributed by atoms with Gasteiger partial charge >= 0.3 is 12.0 Å². The van der Waals surface area contributed by atoms with Crippen LogP contribution in [0.3, 0.4) is 0 Å². The summed E-state index contributed by atoms with van der Waals surface area (Å²) in [5.41, 5.74) is 0. The highest BCUT2D eigenvalue weighted by Crippen LogP contribution is 2.35. The molecule has 0 aromatic heterocycles. The van der Waals surface area contributed by atoms with E-state index in [0.717, 1.165) is 0 Å². The maximum atomic E-state index is 12.9. The van der Waals surface area contributed by atoms with Crippen LogP contribution in [0, 0.1) is 5.92 Å². The Labute approximate surface area is 129 Å². The normalized spacial score (nSPS) is 33.6. The zero-order valence-electron chi connectivity index (χ0n) is 13.0. The van der Waals surface area contributed by atoms with Crippen LogP contribution in [0.2, 0.25) is 0 Å². The SMILES string of the molecule is CC1CN(C(=O)N2C(C(=O)O)CSC2C(C)C)C(C)CO1. The lowest BCUT2D eigenvalue weighted by molar-refractivity contribution is -0.141. The Kier molecular flexibility index (Phi) is 5.03. The molecule has 0 spiro atoms. The Morgan fingerprint density at radius 3 is 2.57 bits per heavy atom. The van der Waals surface area contributed by atoms with Gasteiger partial charge in [0, 0.05) is 12.3 Å². The number of carboxylic acids is 1. The Bertz CT molecular complexity index is 418. The van der Waals surface area contributed by atoms with E-state index in [1.54, 1.807) is 21.6 Å². The van der Waals surface area contributed by atoms with Gasteiger partial charge in [0.1, 0.15) is 6.04 Å². The van der Waals surface area contributed by atoms with Crippen LogP contribution in [0.25, 0.3) is 0 Å². The molecule has 2 amide bonds. The molecule has 1 N–H and O–H groups in total. The van der Waals surface area contributed by atoms with Crippen molar-refractivity contribution in [3.63, 3.8) is 0 Å². The Hall–Kier alpha value is -0.950. The van der Waals surface area contributed by atoms with Crippen molar-refractivity contribution in [1.29, 1.82) is 0 Å². The topological polar surface area (TPSA) is 70.1 Å². The van der Waals surface area contributed by atoms with Crippen LogP contribution in [-0.2, 0) is 9.53 Å². The second kappa shape index (κ2) is 6.44. The number of morpholine rings is 1. The number of urea groups is 1. The fraction of sp³-hybridized carbons (Fsp3) is 0.857. The van der Waals surface area contributed by atoms with Crippen molar-refractivity contribution in [2.75, 3.05) is 18.9 Å². The smallest absolute Gasteiger partial charge is 0.327 e. The summed E-state index contributed by atoms with van der Waals surface area (Å²) in [6, 6.07) is -0.935. The summed E-state index contributed by atoms with van der Waals surface area (Å²) in [6.07, 6.45) is -0.0128. The summed E-state index contributed by atoms with van der Waals surface area (Å²) < 4.78 is 5.55. The Morgan fingerprint density at radius 1 is 1.33 bits per heavy atom. The number of ether oxygens (including phenoxy) is 1. The minimum Gasteiger partial charge on any atom is -0.480 e. The number of hydrogen-bond acceptors (Lipinski definition) is 4. The molecule has 2 saturated heterocycles. The number of carboxylic acid groups (broad SMARTS) is 1. The van der Waals surface area contributed by atoms with Crippen molar-refractivity contribution in [3.05, 3.63) is 0 Å². The van der Waals surface area contributed by atoms with E-state index in [1.807, 2.05) is 27.7 Å². The molecule has 0 bridgehead atoms. The van der Waals surface area contributed by atoms with E-state index in [4.69, 9.17) is 4.74 Å². The highest BCUT2D eigenvalue weighted by Gasteiger charge is 2.45. The molecule has 120 valence electrons. The molecule has 0 aliphatic carbocycles. The first-order valence-electron chi connectivity index (χ1n) is 7.37. The van der Waals surface area contributed by atoms with E-state index in [0.29, 0.717) is 18.9 Å². The fourth-order valence-corrected chi connectivity index (χ4v) is 4.26. The van der Waals surface area contributed by atoms with Crippen LogP contribution in [0.1, 0.15) is 27.7 Å². The summed E-state index contributed by atoms with van der Waals surface area (Å²) in [5, 5.41) is 9.32. The van der Waals surface area contributed by atoms with E-state index in [9.17, 15) is 14.7 Å². The van der Waals surface area contributed by atoms with E-state index >= 15 is 0 Å². The predicted molar refractivity (Wildman–Crippen MR) is 81.3 cm³/mol. The molecule has 2 heterocycles. The molecular formula is C14H24N2O4S. The number of carbonyl (C=O) groups is 2. The third kappa shape index (κ3) is 3.29. The molecule has 0 saturated carbocycles. The van der Waals surface area contributed by atoms with Gasteiger partial charge in [-0.2, -0.15) is 0 Å². The molecule has 7 heteroatoms. The lowest BCUT2D eigenvalue weighted by atomic mass is 10.1. The molecule has 0 aromatic rings. The van der Waals surface area contributed by atoms with E-state index in [2.05, 4.69) is 0 Å². The van der Waals surface area contributed by atoms with Gasteiger partial charge in [-0.3, -0.25) is 4.90 Å². The molecule has 21 heavy (non-hydrogen) atoms. The zero-order chi connectivity index (χ0) is 15.7. The summed E-state index contributed by atoms with van der Waals surface area (Å²) >= 11 is 1.56. The molecule has 6 nitrogen and oxygen atoms in total. The van der Waals surface area contributed by atoms with Gasteiger partial charge in [-0.05, 0) is 19.8 Å². The molecule has 2 rings (SSSR count). The van der Waals surface area contributed by atoms with Crippen molar-refractivity contribution in [2.45, 2.75) is 51.3 Å². The minimum atomic E-state index is -0.923. The standard InChI is InChI=1S/C14H24N2O4S/c1-8(2)12-16(11(7-21-12)13(17)18)14(19)15-5-10(4)20-6-9(15)3/h8-12H,5-7H2,1-4H3,(H,17,18). The number of hydrogen-bond donors (Lipinski definition) is 1. The predicted octanol–water partition coefficient (Wildman–Crippen LogP) is 1.70. The molecule has 0 radical (unpaired) electrons. The van der Waals surface area contributed by atoms with Gasteiger partial charge in [0.15, 0.2) is 0 Å². The van der Waals surface area contributed by atoms with Crippen molar-refractivity contribution in [1.82, 2.24) is 9.80 Å². The van der Waals surface area contributed by atoms with Crippen molar-refractivity contribution in [2.24, 2.45) is 5.92 Å². The molecule has 2 aliphatic rings. The first-order chi connectivity index (χ1) is 9.82. The van der Waals surface area contributed by atoms with Gasteiger partial charge in [-0.15, -0.1) is 11.8 Å². The highest BCUT2D eigenvalue weighted by molar-refractivity contribution is 8.00. The number of rotatable bonds is 2. The maximum absolute atomic E-state index is 12.9. The first-order valence-corrected chi connectivity index (χ1v) is 8.42. The quantitative estimate of drug-likeness (QED) is 0.839. The van der Waals surface area contributed by atoms with Crippen LogP contribution in [0.15, 0.2) is 0 Å². The van der Waals surface area contributed by atoms with E-state index in [-0.39, 0.29) is 29.5 Å². The van der Waals surface area contributed by atoms with Gasteiger partial charge in [0.2, 0.25) is 0 Å². The zero-order valence-corrected chi connectivity index (χ0v) is 13.8. The largest absolute Gasteiger partial charge is 0.480 e. The first kappa shape index (κ1) is 16.4.